The first-order valence-corrected chi connectivity index (χ1v) is 15.0. The summed E-state index contributed by atoms with van der Waals surface area (Å²) in [6.07, 6.45) is 2.74. The first-order valence-electron chi connectivity index (χ1n) is 15.0. The molecule has 2 aromatic heterocycles. The molecule has 12 nitrogen and oxygen atoms in total. The molecule has 44 heavy (non-hydrogen) atoms. The molecule has 12 heteroatoms. The van der Waals surface area contributed by atoms with Gasteiger partial charge in [-0.05, 0) is 45.7 Å². The summed E-state index contributed by atoms with van der Waals surface area (Å²) in [4.78, 5) is 47.6. The van der Waals surface area contributed by atoms with E-state index in [0.29, 0.717) is 65.7 Å². The highest BCUT2D eigenvalue weighted by Gasteiger charge is 2.32. The number of methoxy groups -OCH3 is 1. The number of pyridine rings is 2. The number of piperidine rings is 1. The monoisotopic (exact) mass is 607 g/mol. The van der Waals surface area contributed by atoms with E-state index in [1.807, 2.05) is 32.9 Å². The zero-order valence-corrected chi connectivity index (χ0v) is 26.1. The maximum atomic E-state index is 13.4. The Balaban J connectivity index is 1.29. The van der Waals surface area contributed by atoms with Gasteiger partial charge in [0, 0.05) is 62.9 Å². The highest BCUT2D eigenvalue weighted by Crippen LogP contribution is 2.31. The summed E-state index contributed by atoms with van der Waals surface area (Å²) in [5.74, 6) is 1.53. The van der Waals surface area contributed by atoms with E-state index in [-0.39, 0.29) is 30.1 Å². The van der Waals surface area contributed by atoms with Crippen LogP contribution in [0.15, 0.2) is 41.3 Å². The Morgan fingerprint density at radius 2 is 1.80 bits per heavy atom. The number of rotatable bonds is 8. The molecule has 0 radical (unpaired) electrons. The summed E-state index contributed by atoms with van der Waals surface area (Å²) in [6, 6.07) is 8.56. The third-order valence-electron chi connectivity index (χ3n) is 7.88. The van der Waals surface area contributed by atoms with E-state index in [1.165, 1.54) is 6.07 Å². The van der Waals surface area contributed by atoms with Crippen LogP contribution in [-0.4, -0.2) is 90.0 Å². The molecule has 2 aliphatic rings. The molecule has 2 amide bonds. The molecular formula is C32H41N5O7. The van der Waals surface area contributed by atoms with Crippen molar-refractivity contribution < 1.29 is 28.5 Å². The minimum atomic E-state index is -0.637. The second-order valence-electron chi connectivity index (χ2n) is 12.0. The second-order valence-corrected chi connectivity index (χ2v) is 12.0. The number of ether oxygens (including phenoxy) is 4. The fourth-order valence-corrected chi connectivity index (χ4v) is 5.65. The number of aromatic nitrogens is 2. The largest absolute Gasteiger partial charge is 0.497 e. The van der Waals surface area contributed by atoms with Crippen LogP contribution in [0.2, 0.25) is 0 Å². The molecule has 0 atom stereocenters. The molecular weight excluding hydrogens is 566 g/mol. The SMILES string of the molecule is CNC(=O)c1cc(=O)n(CCN2CCC(N(Cc3cc4c(cn3)OCCO4)C(=O)OC(C)(C)C)CC2)c2cc(OC)ccc12. The lowest BCUT2D eigenvalue weighted by Crippen LogP contribution is -2.49. The maximum absolute atomic E-state index is 13.4. The average Bonchev–Trinajstić information content (AvgIpc) is 3.01. The van der Waals surface area contributed by atoms with Gasteiger partial charge in [0.1, 0.15) is 24.6 Å². The number of benzene rings is 1. The Hall–Kier alpha value is -4.32. The fraction of sp³-hybridized carbons (Fsp3) is 0.500. The topological polar surface area (TPSA) is 124 Å². The highest BCUT2D eigenvalue weighted by molar-refractivity contribution is 6.06. The van der Waals surface area contributed by atoms with Crippen LogP contribution in [0.3, 0.4) is 0 Å². The van der Waals surface area contributed by atoms with Crippen molar-refractivity contribution in [2.45, 2.75) is 58.3 Å². The van der Waals surface area contributed by atoms with Gasteiger partial charge in [-0.3, -0.25) is 19.5 Å². The van der Waals surface area contributed by atoms with Gasteiger partial charge in [0.05, 0.1) is 36.6 Å². The van der Waals surface area contributed by atoms with Gasteiger partial charge in [0.15, 0.2) is 11.5 Å². The van der Waals surface area contributed by atoms with Crippen molar-refractivity contribution in [3.8, 4) is 17.2 Å². The summed E-state index contributed by atoms with van der Waals surface area (Å²) in [5.41, 5.74) is 0.796. The van der Waals surface area contributed by atoms with Gasteiger partial charge in [0.25, 0.3) is 11.5 Å². The second kappa shape index (κ2) is 13.1. The number of nitrogens with one attached hydrogen (secondary N) is 1. The van der Waals surface area contributed by atoms with E-state index in [1.54, 1.807) is 42.0 Å². The van der Waals surface area contributed by atoms with Gasteiger partial charge in [-0.25, -0.2) is 4.79 Å². The molecule has 236 valence electrons. The molecule has 1 saturated heterocycles. The van der Waals surface area contributed by atoms with Crippen LogP contribution in [0.1, 0.15) is 49.7 Å². The van der Waals surface area contributed by atoms with Crippen molar-refractivity contribution in [2.24, 2.45) is 0 Å². The molecule has 1 fully saturated rings. The summed E-state index contributed by atoms with van der Waals surface area (Å²) >= 11 is 0. The van der Waals surface area contributed by atoms with E-state index in [4.69, 9.17) is 18.9 Å². The smallest absolute Gasteiger partial charge is 0.410 e. The molecule has 0 spiro atoms. The first-order chi connectivity index (χ1) is 21.1. The molecule has 2 aliphatic heterocycles. The third kappa shape index (κ3) is 7.07. The zero-order valence-electron chi connectivity index (χ0n) is 26.1. The number of likely N-dealkylation sites (tertiary alicyclic amines) is 1. The van der Waals surface area contributed by atoms with Crippen molar-refractivity contribution in [1.82, 2.24) is 24.7 Å². The predicted molar refractivity (Wildman–Crippen MR) is 165 cm³/mol. The van der Waals surface area contributed by atoms with Crippen LogP contribution in [0.25, 0.3) is 10.9 Å². The van der Waals surface area contributed by atoms with Crippen molar-refractivity contribution >= 4 is 22.9 Å². The van der Waals surface area contributed by atoms with Crippen molar-refractivity contribution in [3.05, 3.63) is 58.1 Å². The number of nitrogens with zero attached hydrogens (tertiary/aromatic N) is 4. The molecule has 0 bridgehead atoms. The van der Waals surface area contributed by atoms with Crippen molar-refractivity contribution in [3.63, 3.8) is 0 Å². The molecule has 0 saturated carbocycles. The lowest BCUT2D eigenvalue weighted by atomic mass is 10.0. The Labute approximate surface area is 256 Å². The molecule has 5 rings (SSSR count). The number of hydrogen-bond donors (Lipinski definition) is 1. The molecule has 4 heterocycles. The maximum Gasteiger partial charge on any atom is 0.410 e. The summed E-state index contributed by atoms with van der Waals surface area (Å²) in [5, 5.41) is 3.30. The number of carbonyl (C=O) groups excluding carboxylic acids is 2. The quantitative estimate of drug-likeness (QED) is 0.410. The van der Waals surface area contributed by atoms with E-state index >= 15 is 0 Å². The average molecular weight is 608 g/mol. The van der Waals surface area contributed by atoms with Gasteiger partial charge in [-0.1, -0.05) is 0 Å². The van der Waals surface area contributed by atoms with Crippen molar-refractivity contribution in [1.29, 1.82) is 0 Å². The third-order valence-corrected chi connectivity index (χ3v) is 7.88. The fourth-order valence-electron chi connectivity index (χ4n) is 5.65. The Morgan fingerprint density at radius 1 is 1.07 bits per heavy atom. The molecule has 0 aliphatic carbocycles. The van der Waals surface area contributed by atoms with E-state index in [2.05, 4.69) is 15.2 Å². The van der Waals surface area contributed by atoms with Gasteiger partial charge in [-0.15, -0.1) is 0 Å². The van der Waals surface area contributed by atoms with Crippen LogP contribution in [0.5, 0.6) is 17.2 Å². The summed E-state index contributed by atoms with van der Waals surface area (Å²) < 4.78 is 24.2. The Bertz CT molecular complexity index is 1570. The van der Waals surface area contributed by atoms with Gasteiger partial charge in [0.2, 0.25) is 0 Å². The van der Waals surface area contributed by atoms with Gasteiger partial charge < -0.3 is 33.7 Å². The van der Waals surface area contributed by atoms with Gasteiger partial charge in [-0.2, -0.15) is 0 Å². The standard InChI is InChI=1S/C32H41N5O7/c1-32(2,3)44-31(40)37(20-21-16-27-28(19-34-21)43-15-14-42-27)22-8-10-35(11-9-22)12-13-36-26-17-23(41-5)6-7-24(26)25(18-29(36)38)30(39)33-4/h6-7,16-19,22H,8-15,20H2,1-5H3,(H,33,39). The van der Waals surface area contributed by atoms with E-state index in [0.717, 1.165) is 25.9 Å². The van der Waals surface area contributed by atoms with Gasteiger partial charge >= 0.3 is 6.09 Å². The minimum absolute atomic E-state index is 0.0456. The minimum Gasteiger partial charge on any atom is -0.497 e. The van der Waals surface area contributed by atoms with Crippen molar-refractivity contribution in [2.75, 3.05) is 47.0 Å². The van der Waals surface area contributed by atoms with Crippen LogP contribution < -0.4 is 25.1 Å². The summed E-state index contributed by atoms with van der Waals surface area (Å²) in [6.45, 7) is 9.37. The molecule has 1 aromatic carbocycles. The lowest BCUT2D eigenvalue weighted by Gasteiger charge is -2.39. The molecule has 0 unspecified atom stereocenters. The number of hydrogen-bond acceptors (Lipinski definition) is 9. The van der Waals surface area contributed by atoms with Crippen LogP contribution in [0.4, 0.5) is 4.79 Å². The zero-order chi connectivity index (χ0) is 31.4. The lowest BCUT2D eigenvalue weighted by molar-refractivity contribution is 0.00528. The molecule has 1 N–H and O–H groups in total. The predicted octanol–water partition coefficient (Wildman–Crippen LogP) is 3.44. The number of fused-ring (bicyclic) bond motifs is 2. The summed E-state index contributed by atoms with van der Waals surface area (Å²) in [7, 11) is 3.12. The van der Waals surface area contributed by atoms with Crippen LogP contribution in [-0.2, 0) is 17.8 Å². The van der Waals surface area contributed by atoms with Crippen LogP contribution >= 0.6 is 0 Å². The normalized spacial score (nSPS) is 15.6. The van der Waals surface area contributed by atoms with E-state index in [9.17, 15) is 14.4 Å². The first kappa shape index (κ1) is 31.1. The van der Waals surface area contributed by atoms with Crippen LogP contribution in [0, 0.1) is 0 Å². The number of carbonyl (C=O) groups is 2. The Morgan fingerprint density at radius 3 is 2.48 bits per heavy atom. The number of amides is 2. The molecule has 3 aromatic rings. The van der Waals surface area contributed by atoms with E-state index < -0.39 is 5.60 Å². The Kier molecular flexibility index (Phi) is 9.28. The highest BCUT2D eigenvalue weighted by atomic mass is 16.6.